The van der Waals surface area contributed by atoms with Crippen molar-refractivity contribution in [3.63, 3.8) is 0 Å². The van der Waals surface area contributed by atoms with Gasteiger partial charge >= 0.3 is 5.97 Å². The van der Waals surface area contributed by atoms with Gasteiger partial charge in [0.15, 0.2) is 0 Å². The Kier molecular flexibility index (Phi) is 8.03. The summed E-state index contributed by atoms with van der Waals surface area (Å²) in [5, 5.41) is 18.7. The number of ether oxygens (including phenoxy) is 1. The van der Waals surface area contributed by atoms with Crippen LogP contribution in [0.15, 0.2) is 11.8 Å². The molecule has 0 saturated carbocycles. The van der Waals surface area contributed by atoms with Gasteiger partial charge in [-0.3, -0.25) is 4.79 Å². The summed E-state index contributed by atoms with van der Waals surface area (Å²) in [4.78, 5) is 11.4. The molecule has 0 unspecified atom stereocenters. The Morgan fingerprint density at radius 1 is 1.39 bits per heavy atom. The highest BCUT2D eigenvalue weighted by Gasteiger charge is 2.15. The molecule has 3 N–H and O–H groups in total. The Bertz CT molecular complexity index is 293. The molecule has 0 saturated heterocycles. The number of nitrogens with one attached hydrogen (secondary N) is 2. The quantitative estimate of drug-likeness (QED) is 0.350. The van der Waals surface area contributed by atoms with E-state index in [0.29, 0.717) is 6.42 Å². The molecule has 0 bridgehead atoms. The second-order valence-corrected chi connectivity index (χ2v) is 5.01. The molecule has 0 atom stereocenters. The highest BCUT2D eigenvalue weighted by atomic mass is 16.6. The number of hydrogen-bond donors (Lipinski definition) is 3. The van der Waals surface area contributed by atoms with Gasteiger partial charge in [-0.25, -0.2) is 0 Å². The zero-order valence-corrected chi connectivity index (χ0v) is 11.5. The number of aliphatic hydroxyl groups excluding tert-OH is 1. The second kappa shape index (κ2) is 8.69. The van der Waals surface area contributed by atoms with Crippen LogP contribution < -0.4 is 5.32 Å². The fourth-order valence-electron chi connectivity index (χ4n) is 1.27. The van der Waals surface area contributed by atoms with E-state index in [0.717, 1.165) is 18.4 Å². The van der Waals surface area contributed by atoms with Crippen LogP contribution in [0.2, 0.25) is 0 Å². The monoisotopic (exact) mass is 256 g/mol. The van der Waals surface area contributed by atoms with Crippen molar-refractivity contribution < 1.29 is 14.6 Å². The fraction of sp³-hybridized carbons (Fsp3) is 0.692. The number of aliphatic hydroxyl groups is 1. The van der Waals surface area contributed by atoms with E-state index in [2.05, 4.69) is 5.32 Å². The van der Waals surface area contributed by atoms with Crippen molar-refractivity contribution in [2.45, 2.75) is 45.6 Å². The highest BCUT2D eigenvalue weighted by molar-refractivity contribution is 5.76. The lowest BCUT2D eigenvalue weighted by molar-refractivity contribution is -0.153. The summed E-state index contributed by atoms with van der Waals surface area (Å²) in [7, 11) is 0. The van der Waals surface area contributed by atoms with E-state index >= 15 is 0 Å². The number of esters is 1. The van der Waals surface area contributed by atoms with E-state index in [4.69, 9.17) is 15.3 Å². The minimum absolute atomic E-state index is 0.0919. The fourth-order valence-corrected chi connectivity index (χ4v) is 1.27. The first-order valence-corrected chi connectivity index (χ1v) is 6.14. The highest BCUT2D eigenvalue weighted by Crippen LogP contribution is 2.06. The predicted molar refractivity (Wildman–Crippen MR) is 71.7 cm³/mol. The molecule has 0 aliphatic carbocycles. The van der Waals surface area contributed by atoms with Gasteiger partial charge in [0.25, 0.3) is 0 Å². The van der Waals surface area contributed by atoms with Gasteiger partial charge in [0.05, 0.1) is 0 Å². The standard InChI is InChI=1S/C13H24N2O3/c1-13(2,3)18-12(17)10-15-9-11(8-14)6-4-5-7-16/h8-9,14-16H,4-7,10H2,1-3H3/b11-9-,14-8?. The Morgan fingerprint density at radius 2 is 2.06 bits per heavy atom. The first-order chi connectivity index (χ1) is 8.39. The molecule has 0 radical (unpaired) electrons. The minimum Gasteiger partial charge on any atom is -0.459 e. The van der Waals surface area contributed by atoms with Crippen LogP contribution in [0.25, 0.3) is 0 Å². The molecular formula is C13H24N2O3. The van der Waals surface area contributed by atoms with E-state index in [1.165, 1.54) is 6.21 Å². The van der Waals surface area contributed by atoms with Crippen LogP contribution in [0.5, 0.6) is 0 Å². The van der Waals surface area contributed by atoms with Crippen molar-refractivity contribution in [2.24, 2.45) is 0 Å². The maximum Gasteiger partial charge on any atom is 0.325 e. The molecule has 5 heteroatoms. The van der Waals surface area contributed by atoms with Crippen molar-refractivity contribution in [3.05, 3.63) is 11.8 Å². The summed E-state index contributed by atoms with van der Waals surface area (Å²) in [5.74, 6) is -0.321. The minimum atomic E-state index is -0.478. The normalized spacial score (nSPS) is 12.1. The number of allylic oxidation sites excluding steroid dienone is 1. The van der Waals surface area contributed by atoms with Gasteiger partial charge in [-0.1, -0.05) is 0 Å². The number of carbonyl (C=O) groups is 1. The summed E-state index contributed by atoms with van der Waals surface area (Å²) in [6.45, 7) is 5.71. The van der Waals surface area contributed by atoms with E-state index in [9.17, 15) is 4.79 Å². The van der Waals surface area contributed by atoms with Crippen LogP contribution in [0.3, 0.4) is 0 Å². The topological polar surface area (TPSA) is 82.4 Å². The maximum atomic E-state index is 11.4. The van der Waals surface area contributed by atoms with Crippen molar-refractivity contribution >= 4 is 12.2 Å². The zero-order chi connectivity index (χ0) is 14.0. The number of carbonyl (C=O) groups excluding carboxylic acids is 1. The third-order valence-corrected chi connectivity index (χ3v) is 2.01. The molecule has 0 aromatic rings. The van der Waals surface area contributed by atoms with Crippen LogP contribution >= 0.6 is 0 Å². The van der Waals surface area contributed by atoms with Crippen LogP contribution in [0, 0.1) is 5.41 Å². The van der Waals surface area contributed by atoms with Gasteiger partial charge in [0, 0.05) is 19.0 Å². The van der Waals surface area contributed by atoms with E-state index < -0.39 is 5.60 Å². The lowest BCUT2D eigenvalue weighted by Gasteiger charge is -2.19. The van der Waals surface area contributed by atoms with Crippen molar-refractivity contribution in [3.8, 4) is 0 Å². The summed E-state index contributed by atoms with van der Waals surface area (Å²) in [5.41, 5.74) is 0.320. The van der Waals surface area contributed by atoms with Gasteiger partial charge in [-0.15, -0.1) is 0 Å². The average Bonchev–Trinajstić information content (AvgIpc) is 2.24. The predicted octanol–water partition coefficient (Wildman–Crippen LogP) is 1.61. The largest absolute Gasteiger partial charge is 0.459 e. The Labute approximate surface area is 109 Å². The molecule has 0 aromatic heterocycles. The molecule has 0 aliphatic rings. The molecule has 0 heterocycles. The first kappa shape index (κ1) is 16.6. The number of hydrogen-bond acceptors (Lipinski definition) is 5. The second-order valence-electron chi connectivity index (χ2n) is 5.01. The molecule has 104 valence electrons. The smallest absolute Gasteiger partial charge is 0.325 e. The first-order valence-electron chi connectivity index (χ1n) is 6.14. The molecule has 0 aromatic carbocycles. The van der Waals surface area contributed by atoms with E-state index in [-0.39, 0.29) is 19.1 Å². The van der Waals surface area contributed by atoms with Crippen LogP contribution in [0.1, 0.15) is 40.0 Å². The third-order valence-electron chi connectivity index (χ3n) is 2.01. The van der Waals surface area contributed by atoms with Crippen molar-refractivity contribution in [2.75, 3.05) is 13.2 Å². The Morgan fingerprint density at radius 3 is 2.56 bits per heavy atom. The van der Waals surface area contributed by atoms with E-state index in [1.54, 1.807) is 6.20 Å². The van der Waals surface area contributed by atoms with Crippen LogP contribution in [-0.4, -0.2) is 36.0 Å². The summed E-state index contributed by atoms with van der Waals surface area (Å²) in [6.07, 6.45) is 5.15. The number of rotatable bonds is 8. The van der Waals surface area contributed by atoms with Crippen LogP contribution in [0.4, 0.5) is 0 Å². The van der Waals surface area contributed by atoms with Gasteiger partial charge < -0.3 is 20.6 Å². The maximum absolute atomic E-state index is 11.4. The molecule has 0 spiro atoms. The van der Waals surface area contributed by atoms with Crippen molar-refractivity contribution in [1.29, 1.82) is 5.41 Å². The molecule has 0 amide bonds. The molecule has 18 heavy (non-hydrogen) atoms. The molecular weight excluding hydrogens is 232 g/mol. The summed E-state index contributed by atoms with van der Waals surface area (Å²) >= 11 is 0. The van der Waals surface area contributed by atoms with Crippen molar-refractivity contribution in [1.82, 2.24) is 5.32 Å². The lowest BCUT2D eigenvalue weighted by atomic mass is 10.1. The summed E-state index contributed by atoms with van der Waals surface area (Å²) < 4.78 is 5.13. The molecule has 5 nitrogen and oxygen atoms in total. The average molecular weight is 256 g/mol. The number of unbranched alkanes of at least 4 members (excludes halogenated alkanes) is 1. The Hall–Kier alpha value is -1.36. The van der Waals surface area contributed by atoms with Gasteiger partial charge in [0.2, 0.25) is 0 Å². The van der Waals surface area contributed by atoms with Gasteiger partial charge in [-0.2, -0.15) is 0 Å². The Balaban J connectivity index is 3.96. The van der Waals surface area contributed by atoms with Gasteiger partial charge in [0.1, 0.15) is 12.1 Å². The SMILES string of the molecule is CC(C)(C)OC(=O)CN/C=C(\C=N)CCCCO. The lowest BCUT2D eigenvalue weighted by Crippen LogP contribution is -2.29. The third kappa shape index (κ3) is 9.84. The van der Waals surface area contributed by atoms with E-state index in [1.807, 2.05) is 20.8 Å². The van der Waals surface area contributed by atoms with Crippen LogP contribution in [-0.2, 0) is 9.53 Å². The summed E-state index contributed by atoms with van der Waals surface area (Å²) in [6, 6.07) is 0. The molecule has 0 aliphatic heterocycles. The molecule has 0 fully saturated rings. The molecule has 0 rings (SSSR count). The zero-order valence-electron chi connectivity index (χ0n) is 11.5. The van der Waals surface area contributed by atoms with Gasteiger partial charge in [-0.05, 0) is 45.6 Å².